The summed E-state index contributed by atoms with van der Waals surface area (Å²) in [5, 5.41) is 0. The molecule has 0 amide bonds. The number of hydrogen-bond acceptors (Lipinski definition) is 1. The summed E-state index contributed by atoms with van der Waals surface area (Å²) in [5.74, 6) is 0. The highest BCUT2D eigenvalue weighted by molar-refractivity contribution is 5.07. The van der Waals surface area contributed by atoms with Crippen LogP contribution in [-0.2, 0) is 6.42 Å². The molecule has 0 aliphatic rings. The highest BCUT2D eigenvalue weighted by Crippen LogP contribution is 2.08. The van der Waals surface area contributed by atoms with Crippen LogP contribution in [0, 0.1) is 0 Å². The number of unbranched alkanes of at least 4 members (excludes halogenated alkanes) is 5. The van der Waals surface area contributed by atoms with Gasteiger partial charge in [-0.3, -0.25) is 0 Å². The molecule has 0 aromatic carbocycles. The SMILES string of the molecule is NCCCCCCCCc1cc[nH]c1. The van der Waals surface area contributed by atoms with Crippen molar-refractivity contribution in [2.75, 3.05) is 6.54 Å². The standard InChI is InChI=1S/C12H22N2/c13-9-6-4-2-1-3-5-7-12-8-10-14-11-12/h8,10-11,14H,1-7,9,13H2. The largest absolute Gasteiger partial charge is 0.367 e. The van der Waals surface area contributed by atoms with E-state index in [1.165, 1.54) is 50.5 Å². The average molecular weight is 194 g/mol. The summed E-state index contributed by atoms with van der Waals surface area (Å²) in [6.45, 7) is 0.851. The zero-order valence-electron chi connectivity index (χ0n) is 8.97. The maximum absolute atomic E-state index is 5.43. The average Bonchev–Trinajstić information content (AvgIpc) is 2.69. The molecular formula is C12H22N2. The summed E-state index contributed by atoms with van der Waals surface area (Å²) < 4.78 is 0. The first kappa shape index (κ1) is 11.3. The van der Waals surface area contributed by atoms with Crippen LogP contribution in [0.5, 0.6) is 0 Å². The van der Waals surface area contributed by atoms with Gasteiger partial charge in [-0.25, -0.2) is 0 Å². The second-order valence-corrected chi connectivity index (χ2v) is 3.88. The number of nitrogens with one attached hydrogen (secondary N) is 1. The summed E-state index contributed by atoms with van der Waals surface area (Å²) in [6.07, 6.45) is 13.2. The van der Waals surface area contributed by atoms with Crippen molar-refractivity contribution in [1.82, 2.24) is 4.98 Å². The highest BCUT2D eigenvalue weighted by Gasteiger charge is 1.93. The molecule has 0 unspecified atom stereocenters. The van der Waals surface area contributed by atoms with E-state index in [1.807, 2.05) is 6.20 Å². The molecule has 0 bridgehead atoms. The third kappa shape index (κ3) is 5.07. The van der Waals surface area contributed by atoms with Crippen LogP contribution in [0.1, 0.15) is 44.1 Å². The topological polar surface area (TPSA) is 41.8 Å². The molecule has 0 spiro atoms. The van der Waals surface area contributed by atoms with Crippen molar-refractivity contribution in [3.63, 3.8) is 0 Å². The van der Waals surface area contributed by atoms with Crippen LogP contribution >= 0.6 is 0 Å². The van der Waals surface area contributed by atoms with Gasteiger partial charge < -0.3 is 10.7 Å². The fourth-order valence-electron chi connectivity index (χ4n) is 1.69. The molecule has 80 valence electrons. The monoisotopic (exact) mass is 194 g/mol. The number of nitrogens with two attached hydrogens (primary N) is 1. The Labute approximate surface area is 86.9 Å². The number of rotatable bonds is 8. The third-order valence-corrected chi connectivity index (χ3v) is 2.58. The fourth-order valence-corrected chi connectivity index (χ4v) is 1.69. The van der Waals surface area contributed by atoms with E-state index in [0.29, 0.717) is 0 Å². The number of aryl methyl sites for hydroxylation is 1. The Morgan fingerprint density at radius 3 is 2.36 bits per heavy atom. The van der Waals surface area contributed by atoms with Gasteiger partial charge in [0.25, 0.3) is 0 Å². The summed E-state index contributed by atoms with van der Waals surface area (Å²) in [6, 6.07) is 2.16. The van der Waals surface area contributed by atoms with Crippen LogP contribution in [0.4, 0.5) is 0 Å². The molecule has 0 aliphatic heterocycles. The zero-order chi connectivity index (χ0) is 10.1. The lowest BCUT2D eigenvalue weighted by Gasteiger charge is -1.99. The van der Waals surface area contributed by atoms with E-state index in [2.05, 4.69) is 17.2 Å². The lowest BCUT2D eigenvalue weighted by atomic mass is 10.1. The normalized spacial score (nSPS) is 10.6. The molecule has 0 aliphatic carbocycles. The van der Waals surface area contributed by atoms with E-state index in [4.69, 9.17) is 5.73 Å². The van der Waals surface area contributed by atoms with Crippen molar-refractivity contribution >= 4 is 0 Å². The van der Waals surface area contributed by atoms with Gasteiger partial charge in [-0.2, -0.15) is 0 Å². The van der Waals surface area contributed by atoms with Gasteiger partial charge in [-0.1, -0.05) is 25.7 Å². The van der Waals surface area contributed by atoms with Crippen molar-refractivity contribution in [2.45, 2.75) is 44.9 Å². The molecule has 14 heavy (non-hydrogen) atoms. The molecule has 1 heterocycles. The fraction of sp³-hybridized carbons (Fsp3) is 0.667. The molecular weight excluding hydrogens is 172 g/mol. The minimum Gasteiger partial charge on any atom is -0.367 e. The molecule has 1 aromatic rings. The van der Waals surface area contributed by atoms with E-state index < -0.39 is 0 Å². The van der Waals surface area contributed by atoms with Gasteiger partial charge in [0.1, 0.15) is 0 Å². The van der Waals surface area contributed by atoms with E-state index in [1.54, 1.807) is 0 Å². The predicted octanol–water partition coefficient (Wildman–Crippen LogP) is 2.86. The Morgan fingerprint density at radius 1 is 1.00 bits per heavy atom. The minimum absolute atomic E-state index is 0.851. The second-order valence-electron chi connectivity index (χ2n) is 3.88. The maximum atomic E-state index is 5.43. The lowest BCUT2D eigenvalue weighted by Crippen LogP contribution is -1.97. The Morgan fingerprint density at radius 2 is 1.71 bits per heavy atom. The number of H-pyrrole nitrogens is 1. The molecule has 1 aromatic heterocycles. The molecule has 0 saturated heterocycles. The van der Waals surface area contributed by atoms with Crippen LogP contribution in [0.25, 0.3) is 0 Å². The van der Waals surface area contributed by atoms with Crippen LogP contribution in [0.2, 0.25) is 0 Å². The molecule has 1 rings (SSSR count). The minimum atomic E-state index is 0.851. The molecule has 0 saturated carbocycles. The van der Waals surface area contributed by atoms with Crippen molar-refractivity contribution in [2.24, 2.45) is 5.73 Å². The van der Waals surface area contributed by atoms with E-state index >= 15 is 0 Å². The number of aromatic nitrogens is 1. The van der Waals surface area contributed by atoms with Gasteiger partial charge in [0, 0.05) is 12.4 Å². The molecule has 2 nitrogen and oxygen atoms in total. The predicted molar refractivity (Wildman–Crippen MR) is 61.3 cm³/mol. The molecule has 2 heteroatoms. The lowest BCUT2D eigenvalue weighted by molar-refractivity contribution is 0.597. The molecule has 0 fully saturated rings. The van der Waals surface area contributed by atoms with Crippen LogP contribution in [-0.4, -0.2) is 11.5 Å². The first-order chi connectivity index (χ1) is 6.93. The first-order valence-corrected chi connectivity index (χ1v) is 5.75. The summed E-state index contributed by atoms with van der Waals surface area (Å²) in [4.78, 5) is 3.08. The van der Waals surface area contributed by atoms with Crippen LogP contribution in [0.15, 0.2) is 18.5 Å². The van der Waals surface area contributed by atoms with E-state index in [0.717, 1.165) is 6.54 Å². The smallest absolute Gasteiger partial charge is 0.00373 e. The third-order valence-electron chi connectivity index (χ3n) is 2.58. The molecule has 3 N–H and O–H groups in total. The van der Waals surface area contributed by atoms with Gasteiger partial charge in [0.2, 0.25) is 0 Å². The van der Waals surface area contributed by atoms with Crippen molar-refractivity contribution in [3.05, 3.63) is 24.0 Å². The summed E-state index contributed by atoms with van der Waals surface area (Å²) in [5.41, 5.74) is 6.87. The van der Waals surface area contributed by atoms with Gasteiger partial charge in [0.05, 0.1) is 0 Å². The summed E-state index contributed by atoms with van der Waals surface area (Å²) in [7, 11) is 0. The Kier molecular flexibility index (Phi) is 6.16. The highest BCUT2D eigenvalue weighted by atomic mass is 14.6. The maximum Gasteiger partial charge on any atom is 0.00373 e. The van der Waals surface area contributed by atoms with Gasteiger partial charge >= 0.3 is 0 Å². The van der Waals surface area contributed by atoms with Crippen molar-refractivity contribution in [3.8, 4) is 0 Å². The van der Waals surface area contributed by atoms with Gasteiger partial charge in [-0.05, 0) is 37.4 Å². The van der Waals surface area contributed by atoms with E-state index in [9.17, 15) is 0 Å². The van der Waals surface area contributed by atoms with Crippen molar-refractivity contribution in [1.29, 1.82) is 0 Å². The Balaban J connectivity index is 1.85. The zero-order valence-corrected chi connectivity index (χ0v) is 8.97. The van der Waals surface area contributed by atoms with Gasteiger partial charge in [-0.15, -0.1) is 0 Å². The Bertz CT molecular complexity index is 204. The second kappa shape index (κ2) is 7.63. The van der Waals surface area contributed by atoms with Crippen LogP contribution in [0.3, 0.4) is 0 Å². The number of hydrogen-bond donors (Lipinski definition) is 2. The summed E-state index contributed by atoms with van der Waals surface area (Å²) >= 11 is 0. The Hall–Kier alpha value is -0.760. The molecule has 0 atom stereocenters. The van der Waals surface area contributed by atoms with Gasteiger partial charge in [0.15, 0.2) is 0 Å². The van der Waals surface area contributed by atoms with Crippen LogP contribution < -0.4 is 5.73 Å². The number of aromatic amines is 1. The molecule has 0 radical (unpaired) electrons. The van der Waals surface area contributed by atoms with Crippen molar-refractivity contribution < 1.29 is 0 Å². The first-order valence-electron chi connectivity index (χ1n) is 5.75. The van der Waals surface area contributed by atoms with E-state index in [-0.39, 0.29) is 0 Å². The quantitative estimate of drug-likeness (QED) is 0.614.